The van der Waals surface area contributed by atoms with Crippen LogP contribution in [0.3, 0.4) is 0 Å². The van der Waals surface area contributed by atoms with Crippen molar-refractivity contribution in [2.24, 2.45) is 0 Å². The Labute approximate surface area is 146 Å². The van der Waals surface area contributed by atoms with Crippen LogP contribution in [0, 0.1) is 0 Å². The predicted octanol–water partition coefficient (Wildman–Crippen LogP) is 2.58. The number of benzene rings is 1. The molecular formula is C19H20N4O2. The van der Waals surface area contributed by atoms with E-state index >= 15 is 0 Å². The maximum absolute atomic E-state index is 12.8. The zero-order valence-corrected chi connectivity index (χ0v) is 14.0. The van der Waals surface area contributed by atoms with E-state index in [1.165, 1.54) is 0 Å². The fraction of sp³-hybridized carbons (Fsp3) is 0.211. The minimum absolute atomic E-state index is 0.121. The van der Waals surface area contributed by atoms with Gasteiger partial charge in [0.2, 0.25) is 11.8 Å². The van der Waals surface area contributed by atoms with Crippen molar-refractivity contribution in [2.45, 2.75) is 19.5 Å². The minimum atomic E-state index is -0.510. The molecule has 0 saturated carbocycles. The molecule has 0 radical (unpaired) electrons. The summed E-state index contributed by atoms with van der Waals surface area (Å²) in [4.78, 5) is 16.9. The molecule has 3 rings (SSSR count). The van der Waals surface area contributed by atoms with Crippen molar-refractivity contribution >= 4 is 5.91 Å². The van der Waals surface area contributed by atoms with E-state index < -0.39 is 6.04 Å². The topological polar surface area (TPSA) is 69.0 Å². The lowest BCUT2D eigenvalue weighted by Gasteiger charge is -2.18. The van der Waals surface area contributed by atoms with Gasteiger partial charge in [-0.25, -0.2) is 4.98 Å². The lowest BCUT2D eigenvalue weighted by Crippen LogP contribution is -2.33. The number of ether oxygens (including phenoxy) is 1. The highest BCUT2D eigenvalue weighted by Crippen LogP contribution is 2.18. The van der Waals surface area contributed by atoms with Crippen molar-refractivity contribution in [3.05, 3.63) is 78.2 Å². The van der Waals surface area contributed by atoms with Gasteiger partial charge in [-0.2, -0.15) is 5.10 Å². The second kappa shape index (κ2) is 8.10. The average Bonchev–Trinajstić information content (AvgIpc) is 3.16. The van der Waals surface area contributed by atoms with Gasteiger partial charge >= 0.3 is 0 Å². The number of nitrogens with zero attached hydrogens (tertiary/aromatic N) is 3. The van der Waals surface area contributed by atoms with Gasteiger partial charge in [0.1, 0.15) is 0 Å². The lowest BCUT2D eigenvalue weighted by molar-refractivity contribution is -0.123. The minimum Gasteiger partial charge on any atom is -0.478 e. The summed E-state index contributed by atoms with van der Waals surface area (Å²) in [5.74, 6) is 0.436. The number of pyridine rings is 1. The van der Waals surface area contributed by atoms with Gasteiger partial charge in [-0.3, -0.25) is 9.48 Å². The molecule has 0 aliphatic rings. The highest BCUT2D eigenvalue weighted by atomic mass is 16.5. The molecule has 0 aliphatic heterocycles. The van der Waals surface area contributed by atoms with Crippen molar-refractivity contribution in [1.82, 2.24) is 20.1 Å². The van der Waals surface area contributed by atoms with Crippen molar-refractivity contribution in [3.8, 4) is 5.88 Å². The van der Waals surface area contributed by atoms with Crippen LogP contribution in [-0.2, 0) is 11.3 Å². The molecule has 1 aromatic carbocycles. The van der Waals surface area contributed by atoms with Gasteiger partial charge in [0.15, 0.2) is 6.04 Å². The molecule has 25 heavy (non-hydrogen) atoms. The average molecular weight is 336 g/mol. The largest absolute Gasteiger partial charge is 0.478 e. The van der Waals surface area contributed by atoms with Gasteiger partial charge < -0.3 is 10.1 Å². The fourth-order valence-corrected chi connectivity index (χ4v) is 2.57. The van der Waals surface area contributed by atoms with E-state index in [0.29, 0.717) is 19.0 Å². The van der Waals surface area contributed by atoms with Crippen molar-refractivity contribution < 1.29 is 9.53 Å². The Balaban J connectivity index is 1.74. The second-order valence-corrected chi connectivity index (χ2v) is 5.45. The third-order valence-electron chi connectivity index (χ3n) is 3.71. The lowest BCUT2D eigenvalue weighted by atomic mass is 10.1. The second-order valence-electron chi connectivity index (χ2n) is 5.45. The molecule has 128 valence electrons. The summed E-state index contributed by atoms with van der Waals surface area (Å²) in [6.07, 6.45) is 5.13. The molecule has 6 heteroatoms. The maximum Gasteiger partial charge on any atom is 0.249 e. The van der Waals surface area contributed by atoms with E-state index in [1.807, 2.05) is 49.4 Å². The molecule has 0 bridgehead atoms. The molecular weight excluding hydrogens is 316 g/mol. The van der Waals surface area contributed by atoms with E-state index in [0.717, 1.165) is 11.1 Å². The van der Waals surface area contributed by atoms with Crippen LogP contribution >= 0.6 is 0 Å². The Morgan fingerprint density at radius 1 is 1.20 bits per heavy atom. The highest BCUT2D eigenvalue weighted by molar-refractivity contribution is 5.83. The standard InChI is InChI=1S/C19H20N4O2/c1-2-25-17-13-15(9-11-20-17)14-21-19(24)18(23-12-6-10-22-23)16-7-4-3-5-8-16/h3-13,18H,2,14H2,1H3,(H,21,24). The first kappa shape index (κ1) is 16.7. The normalized spacial score (nSPS) is 11.7. The number of aromatic nitrogens is 3. The zero-order chi connectivity index (χ0) is 17.5. The summed E-state index contributed by atoms with van der Waals surface area (Å²) in [5.41, 5.74) is 1.81. The van der Waals surface area contributed by atoms with Crippen LogP contribution in [-0.4, -0.2) is 27.3 Å². The Hall–Kier alpha value is -3.15. The molecule has 3 aromatic rings. The summed E-state index contributed by atoms with van der Waals surface area (Å²) >= 11 is 0. The van der Waals surface area contributed by atoms with Crippen LogP contribution in [0.2, 0.25) is 0 Å². The molecule has 2 aromatic heterocycles. The van der Waals surface area contributed by atoms with Crippen molar-refractivity contribution in [3.63, 3.8) is 0 Å². The van der Waals surface area contributed by atoms with Crippen LogP contribution in [0.5, 0.6) is 5.88 Å². The SMILES string of the molecule is CCOc1cc(CNC(=O)C(c2ccccc2)n2cccn2)ccn1. The first-order valence-corrected chi connectivity index (χ1v) is 8.17. The molecule has 0 aliphatic carbocycles. The first-order valence-electron chi connectivity index (χ1n) is 8.17. The zero-order valence-electron chi connectivity index (χ0n) is 14.0. The molecule has 6 nitrogen and oxygen atoms in total. The van der Waals surface area contributed by atoms with Crippen LogP contribution < -0.4 is 10.1 Å². The van der Waals surface area contributed by atoms with Gasteiger partial charge in [-0.05, 0) is 30.2 Å². The number of carbonyl (C=O) groups excluding carboxylic acids is 1. The Kier molecular flexibility index (Phi) is 5.41. The third-order valence-corrected chi connectivity index (χ3v) is 3.71. The maximum atomic E-state index is 12.8. The van der Waals surface area contributed by atoms with Gasteiger partial charge in [0.25, 0.3) is 0 Å². The molecule has 0 saturated heterocycles. The smallest absolute Gasteiger partial charge is 0.249 e. The fourth-order valence-electron chi connectivity index (χ4n) is 2.57. The van der Waals surface area contributed by atoms with Gasteiger partial charge in [-0.1, -0.05) is 30.3 Å². The van der Waals surface area contributed by atoms with E-state index in [2.05, 4.69) is 15.4 Å². The Morgan fingerprint density at radius 3 is 2.76 bits per heavy atom. The monoisotopic (exact) mass is 336 g/mol. The molecule has 0 spiro atoms. The van der Waals surface area contributed by atoms with Crippen LogP contribution in [0.25, 0.3) is 0 Å². The van der Waals surface area contributed by atoms with Gasteiger partial charge in [-0.15, -0.1) is 0 Å². The van der Waals surface area contributed by atoms with Gasteiger partial charge in [0, 0.05) is 31.2 Å². The molecule has 1 atom stereocenters. The molecule has 1 unspecified atom stereocenters. The van der Waals surface area contributed by atoms with Crippen molar-refractivity contribution in [2.75, 3.05) is 6.61 Å². The third kappa shape index (κ3) is 4.23. The highest BCUT2D eigenvalue weighted by Gasteiger charge is 2.22. The number of rotatable bonds is 7. The predicted molar refractivity (Wildman–Crippen MR) is 94.1 cm³/mol. The number of carbonyl (C=O) groups is 1. The van der Waals surface area contributed by atoms with E-state index in [1.54, 1.807) is 29.3 Å². The summed E-state index contributed by atoms with van der Waals surface area (Å²) in [6, 6.07) is 14.6. The molecule has 0 fully saturated rings. The number of hydrogen-bond donors (Lipinski definition) is 1. The number of amides is 1. The van der Waals surface area contributed by atoms with E-state index in [9.17, 15) is 4.79 Å². The molecule has 2 heterocycles. The summed E-state index contributed by atoms with van der Waals surface area (Å²) < 4.78 is 7.05. The van der Waals surface area contributed by atoms with Crippen LogP contribution in [0.1, 0.15) is 24.1 Å². The van der Waals surface area contributed by atoms with Crippen molar-refractivity contribution in [1.29, 1.82) is 0 Å². The summed E-state index contributed by atoms with van der Waals surface area (Å²) in [5, 5.41) is 7.21. The molecule has 1 amide bonds. The number of nitrogens with one attached hydrogen (secondary N) is 1. The summed E-state index contributed by atoms with van der Waals surface area (Å²) in [7, 11) is 0. The Bertz CT molecular complexity index is 803. The quantitative estimate of drug-likeness (QED) is 0.720. The first-order chi connectivity index (χ1) is 12.3. The number of hydrogen-bond acceptors (Lipinski definition) is 4. The van der Waals surface area contributed by atoms with Crippen LogP contribution in [0.15, 0.2) is 67.1 Å². The van der Waals surface area contributed by atoms with Crippen LogP contribution in [0.4, 0.5) is 0 Å². The Morgan fingerprint density at radius 2 is 2.04 bits per heavy atom. The molecule has 1 N–H and O–H groups in total. The summed E-state index contributed by atoms with van der Waals surface area (Å²) in [6.45, 7) is 2.86. The van der Waals surface area contributed by atoms with Gasteiger partial charge in [0.05, 0.1) is 6.61 Å². The van der Waals surface area contributed by atoms with E-state index in [4.69, 9.17) is 4.74 Å². The van der Waals surface area contributed by atoms with E-state index in [-0.39, 0.29) is 5.91 Å².